The Morgan fingerprint density at radius 2 is 1.86 bits per heavy atom. The van der Waals surface area contributed by atoms with Crippen LogP contribution in [0.25, 0.3) is 11.0 Å². The highest BCUT2D eigenvalue weighted by molar-refractivity contribution is 5.88. The molecule has 2 aromatic heterocycles. The second kappa shape index (κ2) is 10.7. The molecule has 0 aliphatic carbocycles. The van der Waals surface area contributed by atoms with Gasteiger partial charge in [0.25, 0.3) is 0 Å². The Labute approximate surface area is 212 Å². The van der Waals surface area contributed by atoms with Crippen molar-refractivity contribution in [3.8, 4) is 5.88 Å². The quantitative estimate of drug-likeness (QED) is 0.493. The van der Waals surface area contributed by atoms with Gasteiger partial charge in [0.1, 0.15) is 5.82 Å². The Hall–Kier alpha value is -2.71. The molecular weight excluding hydrogens is 457 g/mol. The fourth-order valence-corrected chi connectivity index (χ4v) is 6.07. The number of pyridine rings is 1. The van der Waals surface area contributed by atoms with Gasteiger partial charge in [0.15, 0.2) is 11.4 Å². The van der Waals surface area contributed by atoms with Crippen LogP contribution in [-0.4, -0.2) is 71.9 Å². The van der Waals surface area contributed by atoms with E-state index in [2.05, 4.69) is 32.0 Å². The van der Waals surface area contributed by atoms with E-state index in [0.29, 0.717) is 24.1 Å². The van der Waals surface area contributed by atoms with E-state index >= 15 is 0 Å². The molecule has 5 heterocycles. The molecule has 0 radical (unpaired) electrons. The summed E-state index contributed by atoms with van der Waals surface area (Å²) >= 11 is 0. The fourth-order valence-electron chi connectivity index (χ4n) is 6.07. The SMILES string of the molecule is Fc1ccc2onc(N3CCN4C[C@H](COc5cccc(CN6CCCCCC6)n5)CC[C@@H]4C3)c2c1. The van der Waals surface area contributed by atoms with Gasteiger partial charge in [-0.1, -0.05) is 24.1 Å². The minimum Gasteiger partial charge on any atom is -0.477 e. The van der Waals surface area contributed by atoms with Crippen molar-refractivity contribution in [2.24, 2.45) is 5.92 Å². The highest BCUT2D eigenvalue weighted by atomic mass is 19.1. The van der Waals surface area contributed by atoms with Gasteiger partial charge in [0.2, 0.25) is 5.88 Å². The zero-order chi connectivity index (χ0) is 24.3. The topological polar surface area (TPSA) is 57.9 Å². The van der Waals surface area contributed by atoms with Crippen LogP contribution in [0.3, 0.4) is 0 Å². The molecule has 8 heteroatoms. The summed E-state index contributed by atoms with van der Waals surface area (Å²) in [6.07, 6.45) is 7.54. The number of fused-ring (bicyclic) bond motifs is 2. The van der Waals surface area contributed by atoms with E-state index in [1.807, 2.05) is 6.07 Å². The van der Waals surface area contributed by atoms with Crippen LogP contribution in [0, 0.1) is 11.7 Å². The molecular formula is C28H36FN5O2. The third-order valence-electron chi connectivity index (χ3n) is 8.05. The van der Waals surface area contributed by atoms with Crippen LogP contribution in [0.15, 0.2) is 40.9 Å². The predicted octanol–water partition coefficient (Wildman–Crippen LogP) is 4.72. The second-order valence-electron chi connectivity index (χ2n) is 10.7. The van der Waals surface area contributed by atoms with Crippen molar-refractivity contribution in [1.82, 2.24) is 19.9 Å². The van der Waals surface area contributed by atoms with E-state index < -0.39 is 0 Å². The first-order valence-electron chi connectivity index (χ1n) is 13.6. The number of rotatable bonds is 6. The third-order valence-corrected chi connectivity index (χ3v) is 8.05. The first kappa shape index (κ1) is 23.7. The van der Waals surface area contributed by atoms with Gasteiger partial charge in [-0.25, -0.2) is 9.37 Å². The largest absolute Gasteiger partial charge is 0.477 e. The highest BCUT2D eigenvalue weighted by Gasteiger charge is 2.34. The standard InChI is InChI=1S/C28H36FN5O2/c29-22-9-11-26-25(16-22)28(31-36-26)34-15-14-33-17-21(8-10-24(33)19-34)20-35-27-7-5-6-23(30-27)18-32-12-3-1-2-4-13-32/h5-7,9,11,16,21,24H,1-4,8,10,12-15,17-20H2/t21-,24-/m1/s1. The van der Waals surface area contributed by atoms with E-state index in [0.717, 1.165) is 68.3 Å². The lowest BCUT2D eigenvalue weighted by Crippen LogP contribution is -2.57. The lowest BCUT2D eigenvalue weighted by molar-refractivity contribution is 0.0716. The van der Waals surface area contributed by atoms with Gasteiger partial charge in [-0.05, 0) is 63.0 Å². The van der Waals surface area contributed by atoms with E-state index in [1.165, 1.54) is 50.9 Å². The summed E-state index contributed by atoms with van der Waals surface area (Å²) in [5.41, 5.74) is 1.74. The minimum absolute atomic E-state index is 0.256. The summed E-state index contributed by atoms with van der Waals surface area (Å²) < 4.78 is 25.4. The van der Waals surface area contributed by atoms with Crippen LogP contribution in [-0.2, 0) is 6.54 Å². The number of nitrogens with zero attached hydrogens (tertiary/aromatic N) is 5. The predicted molar refractivity (Wildman–Crippen MR) is 138 cm³/mol. The molecule has 3 aliphatic rings. The first-order valence-corrected chi connectivity index (χ1v) is 13.6. The Bertz CT molecular complexity index is 1160. The lowest BCUT2D eigenvalue weighted by atomic mass is 9.91. The van der Waals surface area contributed by atoms with E-state index in [1.54, 1.807) is 6.07 Å². The van der Waals surface area contributed by atoms with Crippen molar-refractivity contribution in [2.45, 2.75) is 51.1 Å². The molecule has 7 nitrogen and oxygen atoms in total. The summed E-state index contributed by atoms with van der Waals surface area (Å²) in [7, 11) is 0. The summed E-state index contributed by atoms with van der Waals surface area (Å²) in [5.74, 6) is 1.76. The van der Waals surface area contributed by atoms with Crippen LogP contribution >= 0.6 is 0 Å². The molecule has 36 heavy (non-hydrogen) atoms. The summed E-state index contributed by atoms with van der Waals surface area (Å²) in [4.78, 5) is 12.2. The average Bonchev–Trinajstić information content (AvgIpc) is 3.14. The number of likely N-dealkylation sites (tertiary alicyclic amines) is 1. The molecule has 6 rings (SSSR count). The van der Waals surface area contributed by atoms with Crippen LogP contribution in [0.4, 0.5) is 10.2 Å². The molecule has 192 valence electrons. The second-order valence-corrected chi connectivity index (χ2v) is 10.7. The number of hydrogen-bond acceptors (Lipinski definition) is 7. The highest BCUT2D eigenvalue weighted by Crippen LogP contribution is 2.32. The number of hydrogen-bond donors (Lipinski definition) is 0. The lowest BCUT2D eigenvalue weighted by Gasteiger charge is -2.46. The van der Waals surface area contributed by atoms with E-state index in [4.69, 9.17) is 14.2 Å². The zero-order valence-corrected chi connectivity index (χ0v) is 20.9. The van der Waals surface area contributed by atoms with Gasteiger partial charge in [0.05, 0.1) is 17.7 Å². The van der Waals surface area contributed by atoms with Crippen molar-refractivity contribution in [3.05, 3.63) is 47.9 Å². The molecule has 3 aromatic rings. The Morgan fingerprint density at radius 1 is 0.972 bits per heavy atom. The molecule has 0 bridgehead atoms. The van der Waals surface area contributed by atoms with E-state index in [9.17, 15) is 4.39 Å². The van der Waals surface area contributed by atoms with Gasteiger partial charge < -0.3 is 14.2 Å². The molecule has 2 atom stereocenters. The number of ether oxygens (including phenoxy) is 1. The number of piperidine rings is 1. The number of anilines is 1. The summed E-state index contributed by atoms with van der Waals surface area (Å²) in [5, 5.41) is 5.02. The number of benzene rings is 1. The van der Waals surface area contributed by atoms with Crippen molar-refractivity contribution < 1.29 is 13.7 Å². The van der Waals surface area contributed by atoms with Crippen molar-refractivity contribution in [1.29, 1.82) is 0 Å². The van der Waals surface area contributed by atoms with Crippen LogP contribution < -0.4 is 9.64 Å². The summed E-state index contributed by atoms with van der Waals surface area (Å²) in [6, 6.07) is 11.3. The zero-order valence-electron chi connectivity index (χ0n) is 20.9. The molecule has 0 saturated carbocycles. The molecule has 0 spiro atoms. The third kappa shape index (κ3) is 5.34. The van der Waals surface area contributed by atoms with Gasteiger partial charge in [-0.2, -0.15) is 0 Å². The summed E-state index contributed by atoms with van der Waals surface area (Å²) in [6.45, 7) is 7.74. The monoisotopic (exact) mass is 493 g/mol. The van der Waals surface area contributed by atoms with Gasteiger partial charge in [0, 0.05) is 50.7 Å². The average molecular weight is 494 g/mol. The van der Waals surface area contributed by atoms with Crippen molar-refractivity contribution >= 4 is 16.8 Å². The fraction of sp³-hybridized carbons (Fsp3) is 0.571. The number of halogens is 1. The molecule has 0 N–H and O–H groups in total. The van der Waals surface area contributed by atoms with Crippen LogP contribution in [0.5, 0.6) is 5.88 Å². The van der Waals surface area contributed by atoms with Gasteiger partial charge in [-0.3, -0.25) is 9.80 Å². The number of aromatic nitrogens is 2. The molecule has 3 saturated heterocycles. The Kier molecular flexibility index (Phi) is 7.05. The molecule has 3 fully saturated rings. The molecule has 0 amide bonds. The van der Waals surface area contributed by atoms with Gasteiger partial charge in [-0.15, -0.1) is 0 Å². The minimum atomic E-state index is -0.256. The maximum Gasteiger partial charge on any atom is 0.213 e. The number of piperazine rings is 1. The Morgan fingerprint density at radius 3 is 2.75 bits per heavy atom. The van der Waals surface area contributed by atoms with E-state index in [-0.39, 0.29) is 5.82 Å². The van der Waals surface area contributed by atoms with Crippen molar-refractivity contribution in [2.75, 3.05) is 50.8 Å². The first-order chi connectivity index (χ1) is 17.7. The molecule has 1 aromatic carbocycles. The molecule has 0 unspecified atom stereocenters. The molecule has 3 aliphatic heterocycles. The Balaban J connectivity index is 1.01. The van der Waals surface area contributed by atoms with Crippen molar-refractivity contribution in [3.63, 3.8) is 0 Å². The maximum atomic E-state index is 13.8. The maximum absolute atomic E-state index is 13.8. The van der Waals surface area contributed by atoms with Crippen LogP contribution in [0.2, 0.25) is 0 Å². The normalized spacial score (nSPS) is 24.0. The van der Waals surface area contributed by atoms with Crippen LogP contribution in [0.1, 0.15) is 44.2 Å². The smallest absolute Gasteiger partial charge is 0.213 e. The van der Waals surface area contributed by atoms with Gasteiger partial charge >= 0.3 is 0 Å².